The predicted octanol–water partition coefficient (Wildman–Crippen LogP) is 3.94. The molecule has 2 heteroatoms. The minimum atomic E-state index is 0.460. The highest BCUT2D eigenvalue weighted by Gasteiger charge is 2.23. The van der Waals surface area contributed by atoms with Gasteiger partial charge in [-0.15, -0.1) is 0 Å². The molecule has 0 atom stereocenters. The van der Waals surface area contributed by atoms with Crippen LogP contribution in [0.5, 0.6) is 0 Å². The van der Waals surface area contributed by atoms with E-state index >= 15 is 0 Å². The van der Waals surface area contributed by atoms with Crippen molar-refractivity contribution in [1.82, 2.24) is 5.01 Å². The first kappa shape index (κ1) is 14.0. The van der Waals surface area contributed by atoms with Gasteiger partial charge >= 0.3 is 0 Å². The first-order valence-electron chi connectivity index (χ1n) is 6.57. The highest BCUT2D eigenvalue weighted by molar-refractivity contribution is 5.45. The van der Waals surface area contributed by atoms with E-state index in [9.17, 15) is 0 Å². The highest BCUT2D eigenvalue weighted by Crippen LogP contribution is 2.22. The van der Waals surface area contributed by atoms with Crippen LogP contribution in [0, 0.1) is 0 Å². The van der Waals surface area contributed by atoms with Crippen LogP contribution in [0.25, 0.3) is 0 Å². The third kappa shape index (κ3) is 3.47. The van der Waals surface area contributed by atoms with Crippen molar-refractivity contribution in [2.24, 2.45) is 0 Å². The van der Waals surface area contributed by atoms with E-state index in [-0.39, 0.29) is 0 Å². The molecule has 0 fully saturated rings. The third-order valence-electron chi connectivity index (χ3n) is 2.82. The normalized spacial score (nSPS) is 11.9. The largest absolute Gasteiger partial charge is 0.303 e. The summed E-state index contributed by atoms with van der Waals surface area (Å²) in [7, 11) is 0. The summed E-state index contributed by atoms with van der Waals surface area (Å²) in [4.78, 5) is 0. The summed E-state index contributed by atoms with van der Waals surface area (Å²) in [6.07, 6.45) is 0. The van der Waals surface area contributed by atoms with Crippen LogP contribution in [0.2, 0.25) is 0 Å². The Morgan fingerprint density at radius 2 is 1.18 bits per heavy atom. The molecule has 0 aromatic heterocycles. The van der Waals surface area contributed by atoms with Gasteiger partial charge < -0.3 is 5.01 Å². The number of nitrogens with zero attached hydrogens (tertiary/aromatic N) is 2. The Morgan fingerprint density at radius 1 is 0.706 bits per heavy atom. The van der Waals surface area contributed by atoms with Crippen molar-refractivity contribution in [3.63, 3.8) is 0 Å². The fraction of sp³-hybridized carbons (Fsp3) is 0.600. The molecular weight excluding hydrogens is 208 g/mol. The Labute approximate surface area is 106 Å². The van der Waals surface area contributed by atoms with E-state index < -0.39 is 0 Å². The summed E-state index contributed by atoms with van der Waals surface area (Å²) in [6, 6.07) is 12.1. The molecular formula is C15H26N2. The Morgan fingerprint density at radius 3 is 1.53 bits per heavy atom. The number of para-hydroxylation sites is 1. The lowest BCUT2D eigenvalue weighted by Crippen LogP contribution is -2.53. The van der Waals surface area contributed by atoms with E-state index in [2.05, 4.69) is 81.9 Å². The minimum Gasteiger partial charge on any atom is -0.303 e. The second-order valence-electron chi connectivity index (χ2n) is 5.34. The number of rotatable bonds is 5. The van der Waals surface area contributed by atoms with Gasteiger partial charge in [-0.2, -0.15) is 0 Å². The van der Waals surface area contributed by atoms with Gasteiger partial charge in [0.25, 0.3) is 0 Å². The van der Waals surface area contributed by atoms with Crippen LogP contribution in [0.1, 0.15) is 41.5 Å². The van der Waals surface area contributed by atoms with Gasteiger partial charge in [0.15, 0.2) is 0 Å². The maximum absolute atomic E-state index is 2.44. The Balaban J connectivity index is 3.08. The Hall–Kier alpha value is -1.02. The van der Waals surface area contributed by atoms with Crippen molar-refractivity contribution < 1.29 is 0 Å². The molecule has 0 radical (unpaired) electrons. The van der Waals surface area contributed by atoms with Crippen molar-refractivity contribution in [3.8, 4) is 0 Å². The quantitative estimate of drug-likeness (QED) is 0.712. The average Bonchev–Trinajstić information content (AvgIpc) is 2.25. The van der Waals surface area contributed by atoms with Gasteiger partial charge in [0.2, 0.25) is 0 Å². The minimum absolute atomic E-state index is 0.460. The number of anilines is 1. The van der Waals surface area contributed by atoms with Crippen molar-refractivity contribution in [2.45, 2.75) is 59.7 Å². The fourth-order valence-electron chi connectivity index (χ4n) is 2.37. The molecule has 0 spiro atoms. The zero-order valence-electron chi connectivity index (χ0n) is 12.0. The monoisotopic (exact) mass is 234 g/mol. The molecule has 1 rings (SSSR count). The Kier molecular flexibility index (Phi) is 5.01. The van der Waals surface area contributed by atoms with Gasteiger partial charge in [-0.25, -0.2) is 5.01 Å². The van der Waals surface area contributed by atoms with Crippen LogP contribution in [-0.2, 0) is 0 Å². The standard InChI is InChI=1S/C15H26N2/c1-12(2)16(13(3)4)17(14(5)6)15-10-8-7-9-11-15/h7-14H,1-6H3. The zero-order chi connectivity index (χ0) is 13.0. The van der Waals surface area contributed by atoms with Gasteiger partial charge in [-0.1, -0.05) is 18.2 Å². The first-order valence-corrected chi connectivity index (χ1v) is 6.57. The summed E-state index contributed by atoms with van der Waals surface area (Å²) in [5, 5.41) is 4.84. The third-order valence-corrected chi connectivity index (χ3v) is 2.82. The Bertz CT molecular complexity index is 309. The predicted molar refractivity (Wildman–Crippen MR) is 76.2 cm³/mol. The second-order valence-corrected chi connectivity index (χ2v) is 5.34. The van der Waals surface area contributed by atoms with Crippen LogP contribution in [0.4, 0.5) is 5.69 Å². The topological polar surface area (TPSA) is 6.48 Å². The summed E-state index contributed by atoms with van der Waals surface area (Å²) in [5.41, 5.74) is 1.27. The van der Waals surface area contributed by atoms with Crippen LogP contribution in [0.15, 0.2) is 30.3 Å². The summed E-state index contributed by atoms with van der Waals surface area (Å²) in [5.74, 6) is 0. The summed E-state index contributed by atoms with van der Waals surface area (Å²) in [6.45, 7) is 13.5. The van der Waals surface area contributed by atoms with E-state index in [1.54, 1.807) is 0 Å². The van der Waals surface area contributed by atoms with E-state index in [0.29, 0.717) is 18.1 Å². The van der Waals surface area contributed by atoms with Crippen LogP contribution < -0.4 is 5.01 Å². The van der Waals surface area contributed by atoms with E-state index in [4.69, 9.17) is 0 Å². The fourth-order valence-corrected chi connectivity index (χ4v) is 2.37. The van der Waals surface area contributed by atoms with Crippen molar-refractivity contribution in [3.05, 3.63) is 30.3 Å². The molecule has 0 unspecified atom stereocenters. The van der Waals surface area contributed by atoms with E-state index in [1.165, 1.54) is 5.69 Å². The highest BCUT2D eigenvalue weighted by atomic mass is 15.7. The molecule has 17 heavy (non-hydrogen) atoms. The molecule has 0 N–H and O–H groups in total. The second kappa shape index (κ2) is 6.06. The van der Waals surface area contributed by atoms with Gasteiger partial charge in [0.1, 0.15) is 0 Å². The molecule has 0 aliphatic heterocycles. The molecule has 0 saturated carbocycles. The van der Waals surface area contributed by atoms with Crippen LogP contribution >= 0.6 is 0 Å². The molecule has 0 bridgehead atoms. The van der Waals surface area contributed by atoms with Gasteiger partial charge in [0, 0.05) is 18.1 Å². The lowest BCUT2D eigenvalue weighted by molar-refractivity contribution is 0.142. The van der Waals surface area contributed by atoms with Gasteiger partial charge in [-0.3, -0.25) is 0 Å². The number of hydrazine groups is 1. The first-order chi connectivity index (χ1) is 7.95. The van der Waals surface area contributed by atoms with Crippen molar-refractivity contribution >= 4 is 5.69 Å². The lowest BCUT2D eigenvalue weighted by Gasteiger charge is -2.44. The molecule has 1 aromatic carbocycles. The van der Waals surface area contributed by atoms with E-state index in [1.807, 2.05) is 0 Å². The van der Waals surface area contributed by atoms with Gasteiger partial charge in [-0.05, 0) is 53.7 Å². The molecule has 0 aliphatic carbocycles. The SMILES string of the molecule is CC(C)N(c1ccccc1)N(C(C)C)C(C)C. The average molecular weight is 234 g/mol. The molecule has 2 nitrogen and oxygen atoms in total. The van der Waals surface area contributed by atoms with Crippen molar-refractivity contribution in [1.29, 1.82) is 0 Å². The van der Waals surface area contributed by atoms with Crippen LogP contribution in [-0.4, -0.2) is 23.1 Å². The molecule has 96 valence electrons. The van der Waals surface area contributed by atoms with E-state index in [0.717, 1.165) is 0 Å². The lowest BCUT2D eigenvalue weighted by atomic mass is 10.2. The van der Waals surface area contributed by atoms with Crippen molar-refractivity contribution in [2.75, 3.05) is 5.01 Å². The number of benzene rings is 1. The van der Waals surface area contributed by atoms with Crippen LogP contribution in [0.3, 0.4) is 0 Å². The molecule has 0 heterocycles. The molecule has 1 aromatic rings. The number of hydrogen-bond donors (Lipinski definition) is 0. The smallest absolute Gasteiger partial charge is 0.0525 e. The maximum atomic E-state index is 2.44. The number of hydrogen-bond acceptors (Lipinski definition) is 2. The molecule has 0 aliphatic rings. The summed E-state index contributed by atoms with van der Waals surface area (Å²) >= 11 is 0. The van der Waals surface area contributed by atoms with Gasteiger partial charge in [0.05, 0.1) is 5.69 Å². The molecule has 0 amide bonds. The zero-order valence-corrected chi connectivity index (χ0v) is 12.0. The summed E-state index contributed by atoms with van der Waals surface area (Å²) < 4.78 is 0. The maximum Gasteiger partial charge on any atom is 0.0525 e. The molecule has 0 saturated heterocycles.